The molecule has 8 heteroatoms. The Labute approximate surface area is 185 Å². The molecule has 0 aliphatic carbocycles. The van der Waals surface area contributed by atoms with Crippen LogP contribution in [-0.4, -0.2) is 68.7 Å². The molecular weight excluding hydrogens is 412 g/mol. The molecule has 0 bridgehead atoms. The van der Waals surface area contributed by atoms with Gasteiger partial charge in [-0.05, 0) is 51.7 Å². The van der Waals surface area contributed by atoms with E-state index in [1.54, 1.807) is 18.2 Å². The van der Waals surface area contributed by atoms with Crippen LogP contribution in [0.1, 0.15) is 45.1 Å². The minimum absolute atomic E-state index is 0.0854. The molecule has 1 unspecified atom stereocenters. The second kappa shape index (κ2) is 9.12. The smallest absolute Gasteiger partial charge is 0.285 e. The number of nitrogens with one attached hydrogen (secondary N) is 1. The maximum absolute atomic E-state index is 13.0. The van der Waals surface area contributed by atoms with Gasteiger partial charge in [-0.2, -0.15) is 8.42 Å². The van der Waals surface area contributed by atoms with E-state index in [2.05, 4.69) is 34.5 Å². The van der Waals surface area contributed by atoms with Crippen LogP contribution < -0.4 is 5.32 Å². The van der Waals surface area contributed by atoms with Crippen LogP contribution in [0.4, 0.5) is 0 Å². The first-order valence-electron chi connectivity index (χ1n) is 11.2. The minimum atomic E-state index is -3.64. The number of hydrogen-bond acceptors (Lipinski definition) is 5. The number of allylic oxidation sites excluding steroid dienone is 1. The standard InChI is InChI=1S/C23H32N4O3S/c1-17(2)9-13-26-14-10-19(11-15-26)24-23(28)18-6-5-12-27(16-18)22-20-7-3-4-8-21(20)31(29,30)25-22/h3-4,7-9,18-19H,5-6,10-16H2,1-2H3,(H,24,28). The summed E-state index contributed by atoms with van der Waals surface area (Å²) in [5, 5.41) is 3.25. The summed E-state index contributed by atoms with van der Waals surface area (Å²) in [5.74, 6) is 0.429. The number of likely N-dealkylation sites (tertiary alicyclic amines) is 2. The van der Waals surface area contributed by atoms with Gasteiger partial charge in [0.2, 0.25) is 5.91 Å². The largest absolute Gasteiger partial charge is 0.355 e. The van der Waals surface area contributed by atoms with Crippen molar-refractivity contribution in [2.24, 2.45) is 10.3 Å². The van der Waals surface area contributed by atoms with Gasteiger partial charge in [0.25, 0.3) is 10.0 Å². The van der Waals surface area contributed by atoms with Crippen molar-refractivity contribution in [2.45, 2.75) is 50.5 Å². The second-order valence-electron chi connectivity index (χ2n) is 9.04. The van der Waals surface area contributed by atoms with Crippen LogP contribution >= 0.6 is 0 Å². The fourth-order valence-electron chi connectivity index (χ4n) is 4.59. The van der Waals surface area contributed by atoms with Gasteiger partial charge in [0.05, 0.1) is 5.92 Å². The van der Waals surface area contributed by atoms with E-state index < -0.39 is 10.0 Å². The Balaban J connectivity index is 1.35. The molecule has 0 spiro atoms. The maximum atomic E-state index is 13.0. The van der Waals surface area contributed by atoms with E-state index in [0.717, 1.165) is 51.9 Å². The monoisotopic (exact) mass is 444 g/mol. The van der Waals surface area contributed by atoms with Crippen LogP contribution in [0.2, 0.25) is 0 Å². The third kappa shape index (κ3) is 5.01. The number of fused-ring (bicyclic) bond motifs is 1. The van der Waals surface area contributed by atoms with E-state index in [0.29, 0.717) is 17.9 Å². The van der Waals surface area contributed by atoms with Crippen molar-refractivity contribution in [3.05, 3.63) is 41.5 Å². The Hall–Kier alpha value is -2.19. The van der Waals surface area contributed by atoms with Crippen molar-refractivity contribution in [3.8, 4) is 0 Å². The molecule has 0 saturated carbocycles. The lowest BCUT2D eigenvalue weighted by atomic mass is 9.95. The normalized spacial score (nSPS) is 23.7. The van der Waals surface area contributed by atoms with E-state index in [1.807, 2.05) is 11.0 Å². The highest BCUT2D eigenvalue weighted by Gasteiger charge is 2.35. The van der Waals surface area contributed by atoms with Gasteiger partial charge in [-0.15, -0.1) is 4.40 Å². The zero-order chi connectivity index (χ0) is 22.0. The van der Waals surface area contributed by atoms with Crippen LogP contribution in [0.3, 0.4) is 0 Å². The van der Waals surface area contributed by atoms with Gasteiger partial charge < -0.3 is 10.2 Å². The molecule has 3 aliphatic heterocycles. The Kier molecular flexibility index (Phi) is 6.48. The number of piperidine rings is 2. The van der Waals surface area contributed by atoms with Crippen LogP contribution in [0.5, 0.6) is 0 Å². The molecule has 168 valence electrons. The molecule has 1 amide bonds. The van der Waals surface area contributed by atoms with Crippen molar-refractivity contribution >= 4 is 21.8 Å². The molecular formula is C23H32N4O3S. The Morgan fingerprint density at radius 2 is 1.90 bits per heavy atom. The number of sulfonamides is 1. The van der Waals surface area contributed by atoms with Gasteiger partial charge in [-0.25, -0.2) is 0 Å². The summed E-state index contributed by atoms with van der Waals surface area (Å²) in [6.07, 6.45) is 5.86. The van der Waals surface area contributed by atoms with Gasteiger partial charge in [0.15, 0.2) is 5.84 Å². The van der Waals surface area contributed by atoms with Crippen LogP contribution in [0.25, 0.3) is 0 Å². The van der Waals surface area contributed by atoms with E-state index in [1.165, 1.54) is 5.57 Å². The second-order valence-corrected chi connectivity index (χ2v) is 10.6. The number of rotatable bonds is 4. The summed E-state index contributed by atoms with van der Waals surface area (Å²) in [4.78, 5) is 17.6. The Bertz CT molecular complexity index is 990. The van der Waals surface area contributed by atoms with E-state index in [4.69, 9.17) is 0 Å². The lowest BCUT2D eigenvalue weighted by Gasteiger charge is -2.36. The van der Waals surface area contributed by atoms with Crippen LogP contribution in [0.15, 0.2) is 45.2 Å². The molecule has 31 heavy (non-hydrogen) atoms. The minimum Gasteiger partial charge on any atom is -0.355 e. The predicted octanol–water partition coefficient (Wildman–Crippen LogP) is 2.39. The molecule has 3 heterocycles. The molecule has 7 nitrogen and oxygen atoms in total. The summed E-state index contributed by atoms with van der Waals surface area (Å²) >= 11 is 0. The summed E-state index contributed by atoms with van der Waals surface area (Å²) in [7, 11) is -3.64. The van der Waals surface area contributed by atoms with Crippen molar-refractivity contribution in [3.63, 3.8) is 0 Å². The van der Waals surface area contributed by atoms with E-state index in [-0.39, 0.29) is 22.8 Å². The SMILES string of the molecule is CC(C)=CCN1CCC(NC(=O)C2CCCN(C3=NS(=O)(=O)c4ccccc43)C2)CC1. The maximum Gasteiger partial charge on any atom is 0.285 e. The van der Waals surface area contributed by atoms with Gasteiger partial charge in [0, 0.05) is 44.3 Å². The van der Waals surface area contributed by atoms with Crippen LogP contribution in [-0.2, 0) is 14.8 Å². The van der Waals surface area contributed by atoms with Crippen molar-refractivity contribution in [1.82, 2.24) is 15.1 Å². The van der Waals surface area contributed by atoms with Crippen LogP contribution in [0, 0.1) is 5.92 Å². The first-order valence-corrected chi connectivity index (χ1v) is 12.6. The lowest BCUT2D eigenvalue weighted by molar-refractivity contribution is -0.127. The molecule has 2 saturated heterocycles. The van der Waals surface area contributed by atoms with Gasteiger partial charge in [-0.3, -0.25) is 9.69 Å². The number of amides is 1. The quantitative estimate of drug-likeness (QED) is 0.721. The summed E-state index contributed by atoms with van der Waals surface area (Å²) in [6, 6.07) is 7.15. The number of carbonyl (C=O) groups is 1. The third-order valence-electron chi connectivity index (χ3n) is 6.40. The number of nitrogens with zero attached hydrogens (tertiary/aromatic N) is 3. The van der Waals surface area contributed by atoms with Gasteiger partial charge in [-0.1, -0.05) is 23.8 Å². The lowest BCUT2D eigenvalue weighted by Crippen LogP contribution is -2.50. The number of carbonyl (C=O) groups excluding carboxylic acids is 1. The highest BCUT2D eigenvalue weighted by Crippen LogP contribution is 2.29. The Morgan fingerprint density at radius 1 is 1.16 bits per heavy atom. The molecule has 1 N–H and O–H groups in total. The fourth-order valence-corrected chi connectivity index (χ4v) is 5.82. The van der Waals surface area contributed by atoms with Crippen molar-refractivity contribution in [1.29, 1.82) is 0 Å². The molecule has 2 fully saturated rings. The summed E-state index contributed by atoms with van der Waals surface area (Å²) in [6.45, 7) is 8.43. The van der Waals surface area contributed by atoms with Crippen molar-refractivity contribution < 1.29 is 13.2 Å². The molecule has 3 aliphatic rings. The summed E-state index contributed by atoms with van der Waals surface area (Å²) in [5.41, 5.74) is 1.98. The zero-order valence-electron chi connectivity index (χ0n) is 18.4. The molecule has 1 atom stereocenters. The average Bonchev–Trinajstić information content (AvgIpc) is 3.04. The average molecular weight is 445 g/mol. The first-order chi connectivity index (χ1) is 14.8. The molecule has 1 aromatic rings. The topological polar surface area (TPSA) is 82.1 Å². The zero-order valence-corrected chi connectivity index (χ0v) is 19.2. The summed E-state index contributed by atoms with van der Waals surface area (Å²) < 4.78 is 28.8. The fraction of sp³-hybridized carbons (Fsp3) is 0.565. The number of hydrogen-bond donors (Lipinski definition) is 1. The van der Waals surface area contributed by atoms with Gasteiger partial charge in [0.1, 0.15) is 4.90 Å². The highest BCUT2D eigenvalue weighted by molar-refractivity contribution is 7.90. The number of amidine groups is 1. The molecule has 0 aromatic heterocycles. The third-order valence-corrected chi connectivity index (χ3v) is 7.72. The number of benzene rings is 1. The van der Waals surface area contributed by atoms with Gasteiger partial charge >= 0.3 is 0 Å². The molecule has 4 rings (SSSR count). The molecule has 0 radical (unpaired) electrons. The Morgan fingerprint density at radius 3 is 2.65 bits per heavy atom. The van der Waals surface area contributed by atoms with E-state index in [9.17, 15) is 13.2 Å². The van der Waals surface area contributed by atoms with E-state index >= 15 is 0 Å². The highest BCUT2D eigenvalue weighted by atomic mass is 32.2. The predicted molar refractivity (Wildman–Crippen MR) is 121 cm³/mol. The first kappa shape index (κ1) is 22.0. The molecule has 1 aromatic carbocycles. The van der Waals surface area contributed by atoms with Crippen molar-refractivity contribution in [2.75, 3.05) is 32.7 Å².